The van der Waals surface area contributed by atoms with Crippen LogP contribution < -0.4 is 5.32 Å². The van der Waals surface area contributed by atoms with Crippen LogP contribution in [0.3, 0.4) is 0 Å². The van der Waals surface area contributed by atoms with E-state index >= 15 is 0 Å². The first-order valence-electron chi connectivity index (χ1n) is 4.43. The molecule has 1 atom stereocenters. The molecule has 82 valence electrons. The first kappa shape index (κ1) is 11.6. The predicted octanol–water partition coefficient (Wildman–Crippen LogP) is 1.04. The zero-order valence-electron chi connectivity index (χ0n) is 8.48. The van der Waals surface area contributed by atoms with Crippen molar-refractivity contribution in [2.24, 2.45) is 0 Å². The minimum absolute atomic E-state index is 0.0798. The zero-order valence-corrected chi connectivity index (χ0v) is 9.30. The number of carbonyl (C=O) groups excluding carboxylic acids is 1. The van der Waals surface area contributed by atoms with Gasteiger partial charge in [-0.1, -0.05) is 0 Å². The quantitative estimate of drug-likeness (QED) is 0.807. The number of amides is 1. The standard InChI is InChI=1S/C9H12N2O3S/c1-5(3-7(12)13)11-9(14)8-6(2)10-4-15-8/h4-5H,3H2,1-2H3,(H,11,14)(H,12,13). The third-order valence-corrected chi connectivity index (χ3v) is 2.74. The van der Waals surface area contributed by atoms with E-state index in [1.165, 1.54) is 11.3 Å². The van der Waals surface area contributed by atoms with Gasteiger partial charge in [-0.3, -0.25) is 9.59 Å². The molecule has 2 N–H and O–H groups in total. The van der Waals surface area contributed by atoms with E-state index < -0.39 is 5.97 Å². The summed E-state index contributed by atoms with van der Waals surface area (Å²) in [7, 11) is 0. The molecule has 0 spiro atoms. The molecule has 1 aromatic rings. The van der Waals surface area contributed by atoms with Crippen LogP contribution in [0.4, 0.5) is 0 Å². The average Bonchev–Trinajstić information content (AvgIpc) is 2.49. The van der Waals surface area contributed by atoms with Gasteiger partial charge in [0.1, 0.15) is 4.88 Å². The molecular formula is C9H12N2O3S. The summed E-state index contributed by atoms with van der Waals surface area (Å²) in [5.74, 6) is -1.19. The Morgan fingerprint density at radius 2 is 2.33 bits per heavy atom. The maximum Gasteiger partial charge on any atom is 0.305 e. The molecule has 15 heavy (non-hydrogen) atoms. The number of rotatable bonds is 4. The molecule has 0 aromatic carbocycles. The van der Waals surface area contributed by atoms with Crippen LogP contribution in [0.15, 0.2) is 5.51 Å². The molecule has 1 amide bonds. The number of hydrogen-bond donors (Lipinski definition) is 2. The van der Waals surface area contributed by atoms with E-state index in [2.05, 4.69) is 10.3 Å². The summed E-state index contributed by atoms with van der Waals surface area (Å²) < 4.78 is 0. The van der Waals surface area contributed by atoms with Crippen LogP contribution in [-0.4, -0.2) is 28.0 Å². The van der Waals surface area contributed by atoms with Crippen molar-refractivity contribution in [2.45, 2.75) is 26.3 Å². The summed E-state index contributed by atoms with van der Waals surface area (Å²) in [6.07, 6.45) is -0.0798. The van der Waals surface area contributed by atoms with Crippen LogP contribution in [0.25, 0.3) is 0 Å². The van der Waals surface area contributed by atoms with Crippen molar-refractivity contribution >= 4 is 23.2 Å². The summed E-state index contributed by atoms with van der Waals surface area (Å²) in [5.41, 5.74) is 2.26. The van der Waals surface area contributed by atoms with E-state index in [-0.39, 0.29) is 18.4 Å². The minimum Gasteiger partial charge on any atom is -0.481 e. The number of hydrogen-bond acceptors (Lipinski definition) is 4. The van der Waals surface area contributed by atoms with Crippen molar-refractivity contribution in [2.75, 3.05) is 0 Å². The summed E-state index contributed by atoms with van der Waals surface area (Å²) in [4.78, 5) is 26.5. The molecule has 0 aliphatic heterocycles. The number of aromatic nitrogens is 1. The third kappa shape index (κ3) is 3.32. The molecule has 0 saturated carbocycles. The van der Waals surface area contributed by atoms with Crippen LogP contribution in [0.1, 0.15) is 28.7 Å². The second-order valence-corrected chi connectivity index (χ2v) is 4.09. The third-order valence-electron chi connectivity index (χ3n) is 1.81. The van der Waals surface area contributed by atoms with Gasteiger partial charge in [-0.2, -0.15) is 0 Å². The van der Waals surface area contributed by atoms with Crippen molar-refractivity contribution in [1.82, 2.24) is 10.3 Å². The Morgan fingerprint density at radius 3 is 2.80 bits per heavy atom. The van der Waals surface area contributed by atoms with Gasteiger partial charge in [-0.25, -0.2) is 4.98 Å². The molecule has 6 heteroatoms. The number of nitrogens with one attached hydrogen (secondary N) is 1. The van der Waals surface area contributed by atoms with Crippen molar-refractivity contribution in [3.05, 3.63) is 16.1 Å². The fraction of sp³-hybridized carbons (Fsp3) is 0.444. The monoisotopic (exact) mass is 228 g/mol. The second kappa shape index (κ2) is 4.88. The number of nitrogens with zero attached hydrogens (tertiary/aromatic N) is 1. The Hall–Kier alpha value is -1.43. The summed E-state index contributed by atoms with van der Waals surface area (Å²) in [6.45, 7) is 3.40. The van der Waals surface area contributed by atoms with Gasteiger partial charge >= 0.3 is 5.97 Å². The molecule has 0 fully saturated rings. The van der Waals surface area contributed by atoms with Crippen molar-refractivity contribution in [3.63, 3.8) is 0 Å². The Balaban J connectivity index is 2.56. The fourth-order valence-electron chi connectivity index (χ4n) is 1.12. The Labute approximate surface area is 91.1 Å². The van der Waals surface area contributed by atoms with Gasteiger partial charge in [-0.05, 0) is 13.8 Å². The van der Waals surface area contributed by atoms with Gasteiger partial charge in [0.05, 0.1) is 17.6 Å². The number of thiazole rings is 1. The first-order valence-corrected chi connectivity index (χ1v) is 5.31. The molecule has 0 bridgehead atoms. The molecule has 1 unspecified atom stereocenters. The highest BCUT2D eigenvalue weighted by Crippen LogP contribution is 2.11. The Morgan fingerprint density at radius 1 is 1.67 bits per heavy atom. The van der Waals surface area contributed by atoms with Gasteiger partial charge < -0.3 is 10.4 Å². The SMILES string of the molecule is Cc1ncsc1C(=O)NC(C)CC(=O)O. The van der Waals surface area contributed by atoms with E-state index in [0.29, 0.717) is 10.6 Å². The van der Waals surface area contributed by atoms with Gasteiger partial charge in [-0.15, -0.1) is 11.3 Å². The lowest BCUT2D eigenvalue weighted by molar-refractivity contribution is -0.137. The van der Waals surface area contributed by atoms with Gasteiger partial charge in [0.2, 0.25) is 0 Å². The molecule has 0 aliphatic carbocycles. The van der Waals surface area contributed by atoms with Crippen LogP contribution in [0.2, 0.25) is 0 Å². The summed E-state index contributed by atoms with van der Waals surface area (Å²) >= 11 is 1.25. The topological polar surface area (TPSA) is 79.3 Å². The summed E-state index contributed by atoms with van der Waals surface area (Å²) in [6, 6.07) is -0.378. The maximum atomic E-state index is 11.6. The van der Waals surface area contributed by atoms with Crippen molar-refractivity contribution in [3.8, 4) is 0 Å². The van der Waals surface area contributed by atoms with Gasteiger partial charge in [0, 0.05) is 6.04 Å². The van der Waals surface area contributed by atoms with Crippen molar-refractivity contribution < 1.29 is 14.7 Å². The second-order valence-electron chi connectivity index (χ2n) is 3.24. The van der Waals surface area contributed by atoms with Gasteiger partial charge in [0.15, 0.2) is 0 Å². The predicted molar refractivity (Wildman–Crippen MR) is 56.0 cm³/mol. The number of aliphatic carboxylic acids is 1. The minimum atomic E-state index is -0.927. The molecule has 0 saturated heterocycles. The van der Waals surface area contributed by atoms with Crippen LogP contribution in [0, 0.1) is 6.92 Å². The average molecular weight is 228 g/mol. The van der Waals surface area contributed by atoms with Crippen LogP contribution in [0.5, 0.6) is 0 Å². The Bertz CT molecular complexity index is 375. The summed E-state index contributed by atoms with van der Waals surface area (Å²) in [5, 5.41) is 11.1. The lowest BCUT2D eigenvalue weighted by Crippen LogP contribution is -2.34. The molecule has 0 aliphatic rings. The van der Waals surface area contributed by atoms with Crippen LogP contribution in [-0.2, 0) is 4.79 Å². The van der Waals surface area contributed by atoms with E-state index in [9.17, 15) is 9.59 Å². The lowest BCUT2D eigenvalue weighted by atomic mass is 10.2. The highest BCUT2D eigenvalue weighted by atomic mass is 32.1. The fourth-order valence-corrected chi connectivity index (χ4v) is 1.83. The van der Waals surface area contributed by atoms with Crippen LogP contribution >= 0.6 is 11.3 Å². The molecule has 1 heterocycles. The molecule has 5 nitrogen and oxygen atoms in total. The zero-order chi connectivity index (χ0) is 11.4. The number of carbonyl (C=O) groups is 2. The molecule has 0 radical (unpaired) electrons. The van der Waals surface area contributed by atoms with Crippen molar-refractivity contribution in [1.29, 1.82) is 0 Å². The van der Waals surface area contributed by atoms with E-state index in [1.54, 1.807) is 19.4 Å². The first-order chi connectivity index (χ1) is 7.00. The normalized spacial score (nSPS) is 12.1. The molecular weight excluding hydrogens is 216 g/mol. The maximum absolute atomic E-state index is 11.6. The number of carboxylic acid groups (broad SMARTS) is 1. The van der Waals surface area contributed by atoms with E-state index in [0.717, 1.165) is 0 Å². The number of carboxylic acids is 1. The molecule has 1 rings (SSSR count). The highest BCUT2D eigenvalue weighted by molar-refractivity contribution is 7.11. The highest BCUT2D eigenvalue weighted by Gasteiger charge is 2.15. The number of aryl methyl sites for hydroxylation is 1. The van der Waals surface area contributed by atoms with E-state index in [1.807, 2.05) is 0 Å². The lowest BCUT2D eigenvalue weighted by Gasteiger charge is -2.10. The largest absolute Gasteiger partial charge is 0.481 e. The van der Waals surface area contributed by atoms with Gasteiger partial charge in [0.25, 0.3) is 5.91 Å². The Kier molecular flexibility index (Phi) is 3.79. The van der Waals surface area contributed by atoms with E-state index in [4.69, 9.17) is 5.11 Å². The smallest absolute Gasteiger partial charge is 0.305 e. The molecule has 1 aromatic heterocycles.